The smallest absolute Gasteiger partial charge is 0.143 e. The summed E-state index contributed by atoms with van der Waals surface area (Å²) < 4.78 is 6.35. The van der Waals surface area contributed by atoms with Crippen molar-refractivity contribution in [1.29, 1.82) is 0 Å². The Kier molecular flexibility index (Phi) is 7.39. The first-order valence-corrected chi connectivity index (χ1v) is 19.1. The van der Waals surface area contributed by atoms with Crippen LogP contribution < -0.4 is 9.80 Å². The van der Waals surface area contributed by atoms with Crippen molar-refractivity contribution in [3.8, 4) is 44.5 Å². The van der Waals surface area contributed by atoms with Gasteiger partial charge in [0.25, 0.3) is 0 Å². The fourth-order valence-corrected chi connectivity index (χ4v) is 8.57. The summed E-state index contributed by atoms with van der Waals surface area (Å²) in [5.41, 5.74) is 17.0. The fraction of sp³-hybridized carbons (Fsp3) is 0.0189. The molecule has 10 aromatic rings. The lowest BCUT2D eigenvalue weighted by molar-refractivity contribution is 0.670. The lowest BCUT2D eigenvalue weighted by Crippen LogP contribution is -2.24. The Labute approximate surface area is 325 Å². The van der Waals surface area contributed by atoms with Gasteiger partial charge in [0.15, 0.2) is 0 Å². The number of benzene rings is 9. The van der Waals surface area contributed by atoms with Crippen molar-refractivity contribution in [3.63, 3.8) is 0 Å². The van der Waals surface area contributed by atoms with Gasteiger partial charge in [-0.2, -0.15) is 0 Å². The summed E-state index contributed by atoms with van der Waals surface area (Å²) in [6.45, 7) is 0. The highest BCUT2D eigenvalue weighted by Crippen LogP contribution is 2.53. The molecule has 11 rings (SSSR count). The van der Waals surface area contributed by atoms with Gasteiger partial charge in [-0.25, -0.2) is 0 Å². The van der Waals surface area contributed by atoms with Gasteiger partial charge in [0, 0.05) is 29.1 Å². The van der Waals surface area contributed by atoms with Gasteiger partial charge in [-0.15, -0.1) is 0 Å². The Morgan fingerprint density at radius 1 is 0.357 bits per heavy atom. The van der Waals surface area contributed by atoms with Gasteiger partial charge in [0.05, 0.1) is 22.7 Å². The second kappa shape index (κ2) is 12.9. The van der Waals surface area contributed by atoms with E-state index < -0.39 is 0 Å². The average Bonchev–Trinajstić information content (AvgIpc) is 3.66. The van der Waals surface area contributed by atoms with Crippen molar-refractivity contribution >= 4 is 61.1 Å². The average molecular weight is 717 g/mol. The summed E-state index contributed by atoms with van der Waals surface area (Å²) in [5.74, 6) is 0. The van der Waals surface area contributed by atoms with Gasteiger partial charge in [-0.05, 0) is 92.2 Å². The third-order valence-corrected chi connectivity index (χ3v) is 11.4. The Bertz CT molecular complexity index is 3080. The molecule has 3 heteroatoms. The van der Waals surface area contributed by atoms with Gasteiger partial charge < -0.3 is 14.2 Å². The molecule has 0 saturated carbocycles. The third-order valence-electron chi connectivity index (χ3n) is 11.4. The van der Waals surface area contributed by atoms with Crippen molar-refractivity contribution in [1.82, 2.24) is 0 Å². The molecule has 0 spiro atoms. The minimum absolute atomic E-state index is 0.916. The van der Waals surface area contributed by atoms with Crippen LogP contribution in [-0.2, 0) is 0 Å². The number of rotatable bonds is 5. The number of furan rings is 1. The van der Waals surface area contributed by atoms with E-state index in [0.29, 0.717) is 0 Å². The van der Waals surface area contributed by atoms with E-state index in [9.17, 15) is 0 Å². The molecule has 0 bridgehead atoms. The minimum Gasteiger partial charge on any atom is -0.455 e. The molecule has 2 heterocycles. The monoisotopic (exact) mass is 716 g/mol. The molecule has 1 aliphatic heterocycles. The predicted molar refractivity (Wildman–Crippen MR) is 236 cm³/mol. The summed E-state index contributed by atoms with van der Waals surface area (Å²) in [5, 5.41) is 4.79. The molecule has 0 saturated heterocycles. The highest BCUT2D eigenvalue weighted by Gasteiger charge is 2.29. The maximum absolute atomic E-state index is 6.35. The Morgan fingerprint density at radius 2 is 0.893 bits per heavy atom. The molecule has 3 nitrogen and oxygen atoms in total. The van der Waals surface area contributed by atoms with Gasteiger partial charge in [-0.3, -0.25) is 0 Å². The van der Waals surface area contributed by atoms with Crippen LogP contribution in [0.25, 0.3) is 77.2 Å². The molecule has 1 aromatic heterocycles. The Balaban J connectivity index is 0.981. The van der Waals surface area contributed by atoms with E-state index in [2.05, 4.69) is 205 Å². The number of fused-ring (bicyclic) bond motifs is 6. The van der Waals surface area contributed by atoms with Crippen LogP contribution in [0.3, 0.4) is 0 Å². The highest BCUT2D eigenvalue weighted by molar-refractivity contribution is 6.09. The van der Waals surface area contributed by atoms with E-state index in [0.717, 1.165) is 61.5 Å². The van der Waals surface area contributed by atoms with E-state index in [1.807, 2.05) is 12.1 Å². The van der Waals surface area contributed by atoms with Gasteiger partial charge in [-0.1, -0.05) is 158 Å². The van der Waals surface area contributed by atoms with Crippen LogP contribution in [-0.4, -0.2) is 7.05 Å². The molecule has 0 aliphatic carbocycles. The lowest BCUT2D eigenvalue weighted by atomic mass is 9.95. The van der Waals surface area contributed by atoms with E-state index in [4.69, 9.17) is 4.42 Å². The highest BCUT2D eigenvalue weighted by atomic mass is 16.3. The third kappa shape index (κ3) is 5.20. The SMILES string of the molecule is CN1c2cc(-c3ccccc3)ccc2N(c2ccc(-c3ccc(-c4cccc5c4oc4ccccc45)cc3)cc2)c2ccc(-c3cccc4ccccc34)cc21. The summed E-state index contributed by atoms with van der Waals surface area (Å²) >= 11 is 0. The van der Waals surface area contributed by atoms with Gasteiger partial charge in [0.1, 0.15) is 11.2 Å². The maximum Gasteiger partial charge on any atom is 0.143 e. The molecule has 0 unspecified atom stereocenters. The molecule has 0 radical (unpaired) electrons. The number of para-hydroxylation sites is 2. The van der Waals surface area contributed by atoms with E-state index in [-0.39, 0.29) is 0 Å². The van der Waals surface area contributed by atoms with Crippen LogP contribution in [0.1, 0.15) is 0 Å². The van der Waals surface area contributed by atoms with Crippen molar-refractivity contribution < 1.29 is 4.42 Å². The quantitative estimate of drug-likeness (QED) is 0.177. The topological polar surface area (TPSA) is 19.6 Å². The Hall–Kier alpha value is -7.36. The molecule has 0 amide bonds. The fourth-order valence-electron chi connectivity index (χ4n) is 8.57. The largest absolute Gasteiger partial charge is 0.455 e. The van der Waals surface area contributed by atoms with Crippen LogP contribution in [0.5, 0.6) is 0 Å². The van der Waals surface area contributed by atoms with Crippen LogP contribution in [0, 0.1) is 0 Å². The molecule has 0 N–H and O–H groups in total. The molecule has 1 aliphatic rings. The summed E-state index contributed by atoms with van der Waals surface area (Å²) in [7, 11) is 2.19. The van der Waals surface area contributed by atoms with E-state index in [1.54, 1.807) is 0 Å². The summed E-state index contributed by atoms with van der Waals surface area (Å²) in [4.78, 5) is 4.76. The van der Waals surface area contributed by atoms with Crippen LogP contribution >= 0.6 is 0 Å². The predicted octanol–water partition coefficient (Wildman–Crippen LogP) is 15.0. The van der Waals surface area contributed by atoms with E-state index >= 15 is 0 Å². The first-order chi connectivity index (χ1) is 27.7. The zero-order chi connectivity index (χ0) is 37.2. The van der Waals surface area contributed by atoms with E-state index in [1.165, 1.54) is 44.2 Å². The molecule has 0 fully saturated rings. The minimum atomic E-state index is 0.916. The summed E-state index contributed by atoms with van der Waals surface area (Å²) in [6, 6.07) is 72.1. The maximum atomic E-state index is 6.35. The molecular formula is C53H36N2O. The number of hydrogen-bond acceptors (Lipinski definition) is 3. The van der Waals surface area contributed by atoms with Crippen LogP contribution in [0.2, 0.25) is 0 Å². The van der Waals surface area contributed by atoms with Gasteiger partial charge in [0.2, 0.25) is 0 Å². The second-order valence-electron chi connectivity index (χ2n) is 14.6. The first-order valence-electron chi connectivity index (χ1n) is 19.1. The van der Waals surface area contributed by atoms with Crippen molar-refractivity contribution in [2.24, 2.45) is 0 Å². The van der Waals surface area contributed by atoms with Gasteiger partial charge >= 0.3 is 0 Å². The molecular weight excluding hydrogens is 681 g/mol. The molecule has 0 atom stereocenters. The summed E-state index contributed by atoms with van der Waals surface area (Å²) in [6.07, 6.45) is 0. The first kappa shape index (κ1) is 32.1. The Morgan fingerprint density at radius 3 is 1.68 bits per heavy atom. The van der Waals surface area contributed by atoms with Crippen LogP contribution in [0.4, 0.5) is 28.4 Å². The standard InChI is InChI=1S/C53H36N2O/c1-54-50-33-40(35-11-3-2-4-12-35)27-31-48(50)55(49-32-28-41(34-51(49)54)44-17-9-14-38-13-5-6-15-43(38)44)42-29-25-37(26-30-42)36-21-23-39(24-22-36)45-18-10-19-47-46-16-7-8-20-52(46)56-53(45)47/h2-34H,1H3. The zero-order valence-electron chi connectivity index (χ0n) is 30.9. The lowest BCUT2D eigenvalue weighted by Gasteiger charge is -2.39. The van der Waals surface area contributed by atoms with Crippen molar-refractivity contribution in [3.05, 3.63) is 200 Å². The van der Waals surface area contributed by atoms with Crippen molar-refractivity contribution in [2.45, 2.75) is 0 Å². The number of anilines is 5. The normalized spacial score (nSPS) is 12.3. The molecule has 264 valence electrons. The number of hydrogen-bond donors (Lipinski definition) is 0. The zero-order valence-corrected chi connectivity index (χ0v) is 30.9. The van der Waals surface area contributed by atoms with Crippen LogP contribution in [0.15, 0.2) is 205 Å². The molecule has 9 aromatic carbocycles. The second-order valence-corrected chi connectivity index (χ2v) is 14.6. The number of nitrogens with zero attached hydrogens (tertiary/aromatic N) is 2. The van der Waals surface area contributed by atoms with Crippen molar-refractivity contribution in [2.75, 3.05) is 16.8 Å². The molecule has 56 heavy (non-hydrogen) atoms.